The molecule has 114 valence electrons. The molecule has 0 bridgehead atoms. The highest BCUT2D eigenvalue weighted by Gasteiger charge is 2.21. The maximum atomic E-state index is 12.7. The third-order valence-corrected chi connectivity index (χ3v) is 3.89. The summed E-state index contributed by atoms with van der Waals surface area (Å²) in [4.78, 5) is 6.26. The van der Waals surface area contributed by atoms with Crippen LogP contribution in [0.5, 0.6) is 0 Å². The van der Waals surface area contributed by atoms with Crippen LogP contribution in [0, 0.1) is 5.92 Å². The summed E-state index contributed by atoms with van der Waals surface area (Å²) < 4.78 is 26.4. The van der Waals surface area contributed by atoms with Gasteiger partial charge in [-0.3, -0.25) is 9.47 Å². The number of hydrogen-bond donors (Lipinski definition) is 1. The van der Waals surface area contributed by atoms with Gasteiger partial charge < -0.3 is 5.32 Å². The Hall–Kier alpha value is -1.01. The molecule has 0 spiro atoms. The van der Waals surface area contributed by atoms with Gasteiger partial charge in [-0.1, -0.05) is 6.92 Å². The summed E-state index contributed by atoms with van der Waals surface area (Å²) in [7, 11) is 0. The van der Waals surface area contributed by atoms with E-state index in [1.165, 1.54) is 12.4 Å². The minimum absolute atomic E-state index is 0.461. The standard InChI is InChI=1S/C14H24F2N4/c1-2-5-17-10-12-3-7-19(8-4-12)11-13-18-6-9-20(13)14(15)16/h6,9,12,14,17H,2-5,7-8,10-11H2,1H3. The molecular weight excluding hydrogens is 262 g/mol. The monoisotopic (exact) mass is 286 g/mol. The average Bonchev–Trinajstić information content (AvgIpc) is 2.89. The lowest BCUT2D eigenvalue weighted by Crippen LogP contribution is -2.37. The number of nitrogens with one attached hydrogen (secondary N) is 1. The highest BCUT2D eigenvalue weighted by Crippen LogP contribution is 2.19. The van der Waals surface area contributed by atoms with Crippen LogP contribution in [0.3, 0.4) is 0 Å². The zero-order chi connectivity index (χ0) is 14.4. The predicted octanol–water partition coefficient (Wildman–Crippen LogP) is 2.49. The molecule has 1 aromatic rings. The van der Waals surface area contributed by atoms with E-state index < -0.39 is 6.55 Å². The van der Waals surface area contributed by atoms with E-state index in [2.05, 4.69) is 22.1 Å². The quantitative estimate of drug-likeness (QED) is 0.782. The van der Waals surface area contributed by atoms with Gasteiger partial charge in [0.25, 0.3) is 0 Å². The summed E-state index contributed by atoms with van der Waals surface area (Å²) in [5.74, 6) is 1.18. The SMILES string of the molecule is CCCNCC1CCN(Cc2nccn2C(F)F)CC1. The fraction of sp³-hybridized carbons (Fsp3) is 0.786. The van der Waals surface area contributed by atoms with E-state index in [1.54, 1.807) is 0 Å². The van der Waals surface area contributed by atoms with E-state index in [9.17, 15) is 8.78 Å². The van der Waals surface area contributed by atoms with Gasteiger partial charge >= 0.3 is 6.55 Å². The molecule has 0 aliphatic carbocycles. The number of rotatable bonds is 7. The zero-order valence-corrected chi connectivity index (χ0v) is 12.1. The van der Waals surface area contributed by atoms with E-state index in [1.807, 2.05) is 0 Å². The highest BCUT2D eigenvalue weighted by molar-refractivity contribution is 4.93. The van der Waals surface area contributed by atoms with Crippen molar-refractivity contribution in [2.45, 2.75) is 39.3 Å². The summed E-state index contributed by atoms with van der Waals surface area (Å²) in [6.45, 7) is 4.28. The first kappa shape index (κ1) is 15.4. The molecule has 1 aliphatic heterocycles. The minimum Gasteiger partial charge on any atom is -0.316 e. The van der Waals surface area contributed by atoms with Crippen molar-refractivity contribution < 1.29 is 8.78 Å². The lowest BCUT2D eigenvalue weighted by Gasteiger charge is -2.31. The van der Waals surface area contributed by atoms with Crippen molar-refractivity contribution in [1.29, 1.82) is 0 Å². The molecular formula is C14H24F2N4. The number of hydrogen-bond acceptors (Lipinski definition) is 3. The second-order valence-corrected chi connectivity index (χ2v) is 5.45. The van der Waals surface area contributed by atoms with Crippen molar-refractivity contribution in [2.24, 2.45) is 5.92 Å². The Kier molecular flexibility index (Phi) is 5.91. The molecule has 0 aromatic carbocycles. The second kappa shape index (κ2) is 7.69. The molecule has 1 fully saturated rings. The Morgan fingerprint density at radius 2 is 2.15 bits per heavy atom. The van der Waals surface area contributed by atoms with Crippen molar-refractivity contribution in [2.75, 3.05) is 26.2 Å². The van der Waals surface area contributed by atoms with Crippen molar-refractivity contribution in [1.82, 2.24) is 19.8 Å². The molecule has 1 N–H and O–H groups in total. The van der Waals surface area contributed by atoms with Crippen LogP contribution in [0.15, 0.2) is 12.4 Å². The van der Waals surface area contributed by atoms with Gasteiger partial charge in [0.15, 0.2) is 0 Å². The van der Waals surface area contributed by atoms with E-state index in [-0.39, 0.29) is 0 Å². The van der Waals surface area contributed by atoms with Crippen molar-refractivity contribution in [3.8, 4) is 0 Å². The molecule has 0 saturated carbocycles. The topological polar surface area (TPSA) is 33.1 Å². The molecule has 0 unspecified atom stereocenters. The lowest BCUT2D eigenvalue weighted by molar-refractivity contribution is 0.0623. The lowest BCUT2D eigenvalue weighted by atomic mass is 9.97. The van der Waals surface area contributed by atoms with E-state index in [0.717, 1.165) is 50.0 Å². The van der Waals surface area contributed by atoms with Crippen molar-refractivity contribution in [3.05, 3.63) is 18.2 Å². The number of aromatic nitrogens is 2. The number of imidazole rings is 1. The summed E-state index contributed by atoms with van der Waals surface area (Å²) in [5.41, 5.74) is 0. The average molecular weight is 286 g/mol. The Morgan fingerprint density at radius 3 is 2.80 bits per heavy atom. The zero-order valence-electron chi connectivity index (χ0n) is 12.1. The van der Waals surface area contributed by atoms with Gasteiger partial charge in [-0.15, -0.1) is 0 Å². The first-order valence-corrected chi connectivity index (χ1v) is 7.43. The Bertz CT molecular complexity index is 386. The van der Waals surface area contributed by atoms with Gasteiger partial charge in [0.05, 0.1) is 6.54 Å². The van der Waals surface area contributed by atoms with Crippen LogP contribution in [0.1, 0.15) is 38.6 Å². The first-order chi connectivity index (χ1) is 9.70. The molecule has 1 saturated heterocycles. The van der Waals surface area contributed by atoms with Gasteiger partial charge in [0, 0.05) is 12.4 Å². The van der Waals surface area contributed by atoms with Gasteiger partial charge in [-0.05, 0) is 51.4 Å². The predicted molar refractivity (Wildman–Crippen MR) is 74.6 cm³/mol. The summed E-state index contributed by atoms with van der Waals surface area (Å²) in [6, 6.07) is 0. The molecule has 1 aromatic heterocycles. The number of halogens is 2. The van der Waals surface area contributed by atoms with Crippen LogP contribution < -0.4 is 5.32 Å². The van der Waals surface area contributed by atoms with Crippen LogP contribution in [0.2, 0.25) is 0 Å². The highest BCUT2D eigenvalue weighted by atomic mass is 19.3. The number of alkyl halides is 2. The number of nitrogens with zero attached hydrogens (tertiary/aromatic N) is 3. The normalized spacial score (nSPS) is 18.0. The second-order valence-electron chi connectivity index (χ2n) is 5.45. The summed E-state index contributed by atoms with van der Waals surface area (Å²) >= 11 is 0. The maximum Gasteiger partial charge on any atom is 0.319 e. The Labute approximate surface area is 119 Å². The van der Waals surface area contributed by atoms with Gasteiger partial charge in [0.2, 0.25) is 0 Å². The van der Waals surface area contributed by atoms with Gasteiger partial charge in [0.1, 0.15) is 5.82 Å². The van der Waals surface area contributed by atoms with Crippen LogP contribution in [-0.4, -0.2) is 40.6 Å². The van der Waals surface area contributed by atoms with E-state index in [0.29, 0.717) is 18.3 Å². The molecule has 20 heavy (non-hydrogen) atoms. The minimum atomic E-state index is -2.50. The van der Waals surface area contributed by atoms with Gasteiger partial charge in [-0.25, -0.2) is 4.98 Å². The maximum absolute atomic E-state index is 12.7. The first-order valence-electron chi connectivity index (χ1n) is 7.43. The summed E-state index contributed by atoms with van der Waals surface area (Å²) in [6.07, 6.45) is 6.22. The van der Waals surface area contributed by atoms with E-state index >= 15 is 0 Å². The van der Waals surface area contributed by atoms with Crippen molar-refractivity contribution in [3.63, 3.8) is 0 Å². The third-order valence-electron chi connectivity index (χ3n) is 3.89. The fourth-order valence-corrected chi connectivity index (χ4v) is 2.68. The van der Waals surface area contributed by atoms with Crippen molar-refractivity contribution >= 4 is 0 Å². The fourth-order valence-electron chi connectivity index (χ4n) is 2.68. The number of likely N-dealkylation sites (tertiary alicyclic amines) is 1. The molecule has 2 rings (SSSR count). The molecule has 6 heteroatoms. The smallest absolute Gasteiger partial charge is 0.316 e. The Balaban J connectivity index is 1.75. The Morgan fingerprint density at radius 1 is 1.40 bits per heavy atom. The molecule has 4 nitrogen and oxygen atoms in total. The molecule has 1 aliphatic rings. The van der Waals surface area contributed by atoms with E-state index in [4.69, 9.17) is 0 Å². The van der Waals surface area contributed by atoms with Crippen LogP contribution in [0.4, 0.5) is 8.78 Å². The van der Waals surface area contributed by atoms with Crippen LogP contribution >= 0.6 is 0 Å². The third kappa shape index (κ3) is 4.24. The van der Waals surface area contributed by atoms with Gasteiger partial charge in [-0.2, -0.15) is 8.78 Å². The summed E-state index contributed by atoms with van der Waals surface area (Å²) in [5, 5.41) is 3.46. The molecule has 2 heterocycles. The van der Waals surface area contributed by atoms with Crippen LogP contribution in [-0.2, 0) is 6.54 Å². The molecule has 0 atom stereocenters. The molecule has 0 amide bonds. The van der Waals surface area contributed by atoms with Crippen LogP contribution in [0.25, 0.3) is 0 Å². The largest absolute Gasteiger partial charge is 0.319 e. The number of piperidine rings is 1. The molecule has 0 radical (unpaired) electrons.